The van der Waals surface area contributed by atoms with Gasteiger partial charge in [0.2, 0.25) is 0 Å². The summed E-state index contributed by atoms with van der Waals surface area (Å²) < 4.78 is 5.54. The first-order chi connectivity index (χ1) is 7.40. The van der Waals surface area contributed by atoms with Crippen molar-refractivity contribution in [3.8, 4) is 0 Å². The van der Waals surface area contributed by atoms with Crippen LogP contribution < -0.4 is 5.32 Å². The summed E-state index contributed by atoms with van der Waals surface area (Å²) >= 11 is 0. The van der Waals surface area contributed by atoms with Crippen LogP contribution in [-0.2, 0) is 4.74 Å². The SMILES string of the molecule is CCCOCCN1CC2CCCNC2C1. The van der Waals surface area contributed by atoms with Crippen LogP contribution in [0, 0.1) is 5.92 Å². The fourth-order valence-electron chi connectivity index (χ4n) is 2.76. The average Bonchev–Trinajstić information content (AvgIpc) is 2.67. The molecule has 15 heavy (non-hydrogen) atoms. The van der Waals surface area contributed by atoms with Crippen molar-refractivity contribution in [2.24, 2.45) is 5.92 Å². The molecule has 0 bridgehead atoms. The average molecular weight is 212 g/mol. The molecule has 1 N–H and O–H groups in total. The minimum atomic E-state index is 0.768. The van der Waals surface area contributed by atoms with E-state index < -0.39 is 0 Å². The van der Waals surface area contributed by atoms with Crippen molar-refractivity contribution in [3.63, 3.8) is 0 Å². The van der Waals surface area contributed by atoms with Gasteiger partial charge in [0.15, 0.2) is 0 Å². The van der Waals surface area contributed by atoms with Crippen molar-refractivity contribution in [2.45, 2.75) is 32.2 Å². The highest BCUT2D eigenvalue weighted by molar-refractivity contribution is 4.91. The van der Waals surface area contributed by atoms with E-state index in [1.165, 1.54) is 32.5 Å². The molecule has 3 nitrogen and oxygen atoms in total. The summed E-state index contributed by atoms with van der Waals surface area (Å²) in [5.74, 6) is 0.907. The smallest absolute Gasteiger partial charge is 0.0593 e. The molecule has 2 unspecified atom stereocenters. The Morgan fingerprint density at radius 1 is 1.33 bits per heavy atom. The monoisotopic (exact) mass is 212 g/mol. The van der Waals surface area contributed by atoms with E-state index in [1.54, 1.807) is 0 Å². The molecule has 2 aliphatic heterocycles. The predicted octanol–water partition coefficient (Wildman–Crippen LogP) is 1.10. The van der Waals surface area contributed by atoms with Crippen LogP contribution in [0.2, 0.25) is 0 Å². The van der Waals surface area contributed by atoms with Crippen LogP contribution in [0.3, 0.4) is 0 Å². The zero-order chi connectivity index (χ0) is 10.5. The van der Waals surface area contributed by atoms with Crippen molar-refractivity contribution in [2.75, 3.05) is 39.4 Å². The summed E-state index contributed by atoms with van der Waals surface area (Å²) in [6.45, 7) is 8.85. The Kier molecular flexibility index (Phi) is 4.42. The second kappa shape index (κ2) is 5.83. The zero-order valence-corrected chi connectivity index (χ0v) is 9.87. The van der Waals surface area contributed by atoms with Crippen molar-refractivity contribution < 1.29 is 4.74 Å². The second-order valence-corrected chi connectivity index (χ2v) is 4.83. The Morgan fingerprint density at radius 2 is 2.27 bits per heavy atom. The van der Waals surface area contributed by atoms with Gasteiger partial charge in [-0.2, -0.15) is 0 Å². The molecule has 0 radical (unpaired) electrons. The number of hydrogen-bond donors (Lipinski definition) is 1. The maximum Gasteiger partial charge on any atom is 0.0593 e. The summed E-state index contributed by atoms with van der Waals surface area (Å²) in [7, 11) is 0. The van der Waals surface area contributed by atoms with Gasteiger partial charge in [0, 0.05) is 32.3 Å². The van der Waals surface area contributed by atoms with E-state index in [4.69, 9.17) is 4.74 Å². The minimum absolute atomic E-state index is 0.768. The molecule has 2 saturated heterocycles. The number of hydrogen-bond acceptors (Lipinski definition) is 3. The van der Waals surface area contributed by atoms with Crippen molar-refractivity contribution in [1.82, 2.24) is 10.2 Å². The fraction of sp³-hybridized carbons (Fsp3) is 1.00. The van der Waals surface area contributed by atoms with E-state index in [9.17, 15) is 0 Å². The van der Waals surface area contributed by atoms with Gasteiger partial charge in [0.25, 0.3) is 0 Å². The quantitative estimate of drug-likeness (QED) is 0.691. The first-order valence-electron chi connectivity index (χ1n) is 6.43. The Bertz CT molecular complexity index is 172. The Morgan fingerprint density at radius 3 is 3.07 bits per heavy atom. The number of fused-ring (bicyclic) bond motifs is 1. The molecule has 0 aromatic heterocycles. The molecular weight excluding hydrogens is 188 g/mol. The Labute approximate surface area is 93.2 Å². The lowest BCUT2D eigenvalue weighted by Gasteiger charge is -2.24. The van der Waals surface area contributed by atoms with Crippen LogP contribution in [0.4, 0.5) is 0 Å². The van der Waals surface area contributed by atoms with Gasteiger partial charge >= 0.3 is 0 Å². The van der Waals surface area contributed by atoms with Gasteiger partial charge in [0.1, 0.15) is 0 Å². The van der Waals surface area contributed by atoms with E-state index >= 15 is 0 Å². The van der Waals surface area contributed by atoms with Crippen LogP contribution in [0.25, 0.3) is 0 Å². The lowest BCUT2D eigenvalue weighted by atomic mass is 9.94. The molecule has 2 atom stereocenters. The van der Waals surface area contributed by atoms with Crippen LogP contribution >= 0.6 is 0 Å². The maximum atomic E-state index is 5.54. The summed E-state index contributed by atoms with van der Waals surface area (Å²) in [5.41, 5.74) is 0. The standard InChI is InChI=1S/C12H24N2O/c1-2-7-15-8-6-14-9-11-4-3-5-13-12(11)10-14/h11-13H,2-10H2,1H3. The Balaban J connectivity index is 1.63. The van der Waals surface area contributed by atoms with Crippen molar-refractivity contribution in [3.05, 3.63) is 0 Å². The molecule has 0 amide bonds. The molecule has 2 aliphatic rings. The van der Waals surface area contributed by atoms with Gasteiger partial charge in [-0.05, 0) is 31.7 Å². The first-order valence-corrected chi connectivity index (χ1v) is 6.43. The molecule has 0 aromatic carbocycles. The fourth-order valence-corrected chi connectivity index (χ4v) is 2.76. The summed E-state index contributed by atoms with van der Waals surface area (Å²) in [5, 5.41) is 3.63. The van der Waals surface area contributed by atoms with Crippen LogP contribution in [0.5, 0.6) is 0 Å². The maximum absolute atomic E-state index is 5.54. The lowest BCUT2D eigenvalue weighted by Crippen LogP contribution is -2.40. The molecule has 0 spiro atoms. The molecular formula is C12H24N2O. The third-order valence-corrected chi connectivity index (χ3v) is 3.58. The van der Waals surface area contributed by atoms with E-state index in [1.807, 2.05) is 0 Å². The topological polar surface area (TPSA) is 24.5 Å². The van der Waals surface area contributed by atoms with Crippen molar-refractivity contribution >= 4 is 0 Å². The molecule has 2 heterocycles. The molecule has 0 saturated carbocycles. The highest BCUT2D eigenvalue weighted by atomic mass is 16.5. The molecule has 0 aromatic rings. The number of nitrogens with zero attached hydrogens (tertiary/aromatic N) is 1. The minimum Gasteiger partial charge on any atom is -0.380 e. The van der Waals surface area contributed by atoms with Gasteiger partial charge in [-0.3, -0.25) is 4.90 Å². The van der Waals surface area contributed by atoms with Gasteiger partial charge in [0.05, 0.1) is 6.61 Å². The third kappa shape index (κ3) is 3.16. The third-order valence-electron chi connectivity index (χ3n) is 3.58. The predicted molar refractivity (Wildman–Crippen MR) is 62.1 cm³/mol. The van der Waals surface area contributed by atoms with E-state index in [0.29, 0.717) is 0 Å². The first kappa shape index (κ1) is 11.4. The number of nitrogens with one attached hydrogen (secondary N) is 1. The number of likely N-dealkylation sites (tertiary alicyclic amines) is 1. The van der Waals surface area contributed by atoms with Crippen LogP contribution in [0.15, 0.2) is 0 Å². The van der Waals surface area contributed by atoms with E-state index in [2.05, 4.69) is 17.1 Å². The van der Waals surface area contributed by atoms with Gasteiger partial charge in [-0.25, -0.2) is 0 Å². The highest BCUT2D eigenvalue weighted by Gasteiger charge is 2.33. The summed E-state index contributed by atoms with van der Waals surface area (Å²) in [6.07, 6.45) is 3.91. The lowest BCUT2D eigenvalue weighted by molar-refractivity contribution is 0.110. The number of rotatable bonds is 5. The molecule has 3 heteroatoms. The van der Waals surface area contributed by atoms with E-state index in [-0.39, 0.29) is 0 Å². The molecule has 0 aliphatic carbocycles. The molecule has 2 fully saturated rings. The van der Waals surface area contributed by atoms with Gasteiger partial charge < -0.3 is 10.1 Å². The molecule has 2 rings (SSSR count). The van der Waals surface area contributed by atoms with Crippen molar-refractivity contribution in [1.29, 1.82) is 0 Å². The number of ether oxygens (including phenoxy) is 1. The van der Waals surface area contributed by atoms with Gasteiger partial charge in [-0.1, -0.05) is 6.92 Å². The Hall–Kier alpha value is -0.120. The largest absolute Gasteiger partial charge is 0.380 e. The molecule has 88 valence electrons. The normalized spacial score (nSPS) is 31.8. The number of piperidine rings is 1. The highest BCUT2D eigenvalue weighted by Crippen LogP contribution is 2.24. The summed E-state index contributed by atoms with van der Waals surface area (Å²) in [4.78, 5) is 2.56. The van der Waals surface area contributed by atoms with Crippen LogP contribution in [-0.4, -0.2) is 50.3 Å². The van der Waals surface area contributed by atoms with Gasteiger partial charge in [-0.15, -0.1) is 0 Å². The van der Waals surface area contributed by atoms with Crippen LogP contribution in [0.1, 0.15) is 26.2 Å². The summed E-state index contributed by atoms with van der Waals surface area (Å²) in [6, 6.07) is 0.768. The van der Waals surface area contributed by atoms with E-state index in [0.717, 1.165) is 38.1 Å². The zero-order valence-electron chi connectivity index (χ0n) is 9.87. The second-order valence-electron chi connectivity index (χ2n) is 4.83.